The largest absolute Gasteiger partial charge is 0.253 e. The van der Waals surface area contributed by atoms with Crippen molar-refractivity contribution in [1.82, 2.24) is 4.98 Å². The summed E-state index contributed by atoms with van der Waals surface area (Å²) in [7, 11) is 0. The number of halogens is 1. The zero-order chi connectivity index (χ0) is 15.4. The Bertz CT molecular complexity index is 776. The molecule has 0 saturated carbocycles. The van der Waals surface area contributed by atoms with Crippen molar-refractivity contribution in [2.45, 2.75) is 6.92 Å². The van der Waals surface area contributed by atoms with Crippen LogP contribution >= 0.6 is 11.3 Å². The normalized spacial score (nSPS) is 11.0. The molecule has 0 atom stereocenters. The lowest BCUT2D eigenvalue weighted by Gasteiger charge is -1.96. The molecule has 0 spiro atoms. The van der Waals surface area contributed by atoms with Crippen LogP contribution in [0.1, 0.15) is 11.1 Å². The summed E-state index contributed by atoms with van der Waals surface area (Å²) in [5.74, 6) is -0.250. The molecule has 1 aromatic heterocycles. The van der Waals surface area contributed by atoms with Crippen molar-refractivity contribution in [2.24, 2.45) is 5.10 Å². The Kier molecular flexibility index (Phi) is 4.25. The summed E-state index contributed by atoms with van der Waals surface area (Å²) in [5.41, 5.74) is 6.84. The lowest BCUT2D eigenvalue weighted by Crippen LogP contribution is -1.90. The lowest BCUT2D eigenvalue weighted by molar-refractivity contribution is 0.628. The van der Waals surface area contributed by atoms with Gasteiger partial charge in [0.1, 0.15) is 5.82 Å². The smallest absolute Gasteiger partial charge is 0.203 e. The van der Waals surface area contributed by atoms with Crippen LogP contribution in [0.4, 0.5) is 9.52 Å². The summed E-state index contributed by atoms with van der Waals surface area (Å²) >= 11 is 1.46. The van der Waals surface area contributed by atoms with E-state index in [1.54, 1.807) is 18.3 Å². The van der Waals surface area contributed by atoms with Crippen molar-refractivity contribution in [3.05, 3.63) is 70.9 Å². The Morgan fingerprint density at radius 3 is 2.55 bits per heavy atom. The van der Waals surface area contributed by atoms with Gasteiger partial charge in [-0.25, -0.2) is 9.37 Å². The third-order valence-electron chi connectivity index (χ3n) is 3.10. The minimum atomic E-state index is -0.250. The van der Waals surface area contributed by atoms with Crippen molar-refractivity contribution < 1.29 is 4.39 Å². The summed E-state index contributed by atoms with van der Waals surface area (Å²) in [5, 5.41) is 6.79. The van der Waals surface area contributed by atoms with E-state index >= 15 is 0 Å². The average molecular weight is 311 g/mol. The third kappa shape index (κ3) is 3.56. The van der Waals surface area contributed by atoms with Gasteiger partial charge in [-0.05, 0) is 36.8 Å². The molecule has 0 saturated heterocycles. The number of thiazole rings is 1. The molecule has 0 amide bonds. The zero-order valence-electron chi connectivity index (χ0n) is 12.0. The molecule has 0 bridgehead atoms. The number of anilines is 1. The quantitative estimate of drug-likeness (QED) is 0.560. The van der Waals surface area contributed by atoms with E-state index in [4.69, 9.17) is 0 Å². The fraction of sp³-hybridized carbons (Fsp3) is 0.0588. The molecule has 0 aliphatic carbocycles. The van der Waals surface area contributed by atoms with Gasteiger partial charge in [0, 0.05) is 10.9 Å². The summed E-state index contributed by atoms with van der Waals surface area (Å²) in [6, 6.07) is 14.4. The molecule has 0 unspecified atom stereocenters. The Labute approximate surface area is 132 Å². The Morgan fingerprint density at radius 2 is 1.82 bits per heavy atom. The fourth-order valence-corrected chi connectivity index (χ4v) is 2.56. The van der Waals surface area contributed by atoms with Crippen LogP contribution in [0, 0.1) is 12.7 Å². The molecule has 22 heavy (non-hydrogen) atoms. The van der Waals surface area contributed by atoms with Gasteiger partial charge in [-0.2, -0.15) is 5.10 Å². The first-order valence-corrected chi connectivity index (χ1v) is 7.66. The maximum atomic E-state index is 12.9. The number of aryl methyl sites for hydroxylation is 1. The van der Waals surface area contributed by atoms with Crippen LogP contribution in [0.2, 0.25) is 0 Å². The van der Waals surface area contributed by atoms with E-state index in [1.807, 2.05) is 36.6 Å². The first-order valence-electron chi connectivity index (χ1n) is 6.78. The van der Waals surface area contributed by atoms with Crippen LogP contribution in [0.25, 0.3) is 11.3 Å². The van der Waals surface area contributed by atoms with Gasteiger partial charge in [0.05, 0.1) is 11.9 Å². The molecule has 1 heterocycles. The molecule has 3 nitrogen and oxygen atoms in total. The second kappa shape index (κ2) is 6.49. The standard InChI is InChI=1S/C17H14FN3S/c1-12-2-4-13(5-3-12)10-19-21-17-20-16(11-22-17)14-6-8-15(18)9-7-14/h2-11H,1H3,(H,20,21)/b19-10-. The second-order valence-corrected chi connectivity index (χ2v) is 5.68. The summed E-state index contributed by atoms with van der Waals surface area (Å²) < 4.78 is 12.9. The molecule has 1 N–H and O–H groups in total. The SMILES string of the molecule is Cc1ccc(/C=N\Nc2nc(-c3ccc(F)cc3)cs2)cc1. The van der Waals surface area contributed by atoms with E-state index in [0.29, 0.717) is 5.13 Å². The van der Waals surface area contributed by atoms with Gasteiger partial charge in [0.2, 0.25) is 5.13 Å². The maximum absolute atomic E-state index is 12.9. The Balaban J connectivity index is 1.66. The van der Waals surface area contributed by atoms with Crippen LogP contribution < -0.4 is 5.43 Å². The zero-order valence-corrected chi connectivity index (χ0v) is 12.8. The number of hydrogen-bond donors (Lipinski definition) is 1. The van der Waals surface area contributed by atoms with Gasteiger partial charge >= 0.3 is 0 Å². The molecule has 0 fully saturated rings. The van der Waals surface area contributed by atoms with Gasteiger partial charge in [-0.1, -0.05) is 29.8 Å². The van der Waals surface area contributed by atoms with E-state index < -0.39 is 0 Å². The number of benzene rings is 2. The highest BCUT2D eigenvalue weighted by Gasteiger charge is 2.03. The first kappa shape index (κ1) is 14.4. The second-order valence-electron chi connectivity index (χ2n) is 4.83. The predicted octanol–water partition coefficient (Wildman–Crippen LogP) is 4.70. The number of hydrogen-bond acceptors (Lipinski definition) is 4. The number of rotatable bonds is 4. The molecule has 2 aromatic carbocycles. The summed E-state index contributed by atoms with van der Waals surface area (Å²) in [4.78, 5) is 4.43. The van der Waals surface area contributed by atoms with Gasteiger partial charge in [-0.15, -0.1) is 11.3 Å². The minimum Gasteiger partial charge on any atom is -0.253 e. The van der Waals surface area contributed by atoms with E-state index in [-0.39, 0.29) is 5.82 Å². The topological polar surface area (TPSA) is 37.3 Å². The molecule has 0 aliphatic rings. The van der Waals surface area contributed by atoms with Crippen molar-refractivity contribution in [2.75, 3.05) is 5.43 Å². The van der Waals surface area contributed by atoms with E-state index in [1.165, 1.54) is 29.0 Å². The molecular weight excluding hydrogens is 297 g/mol. The molecule has 5 heteroatoms. The van der Waals surface area contributed by atoms with Crippen molar-refractivity contribution in [3.8, 4) is 11.3 Å². The molecule has 110 valence electrons. The van der Waals surface area contributed by atoms with Gasteiger partial charge in [0.15, 0.2) is 0 Å². The Hall–Kier alpha value is -2.53. The highest BCUT2D eigenvalue weighted by atomic mass is 32.1. The van der Waals surface area contributed by atoms with Crippen LogP contribution in [0.15, 0.2) is 59.0 Å². The van der Waals surface area contributed by atoms with Crippen LogP contribution in [-0.4, -0.2) is 11.2 Å². The lowest BCUT2D eigenvalue weighted by atomic mass is 10.2. The Morgan fingerprint density at radius 1 is 1.09 bits per heavy atom. The minimum absolute atomic E-state index is 0.250. The van der Waals surface area contributed by atoms with E-state index in [2.05, 4.69) is 15.5 Å². The predicted molar refractivity (Wildman–Crippen MR) is 89.9 cm³/mol. The highest BCUT2D eigenvalue weighted by Crippen LogP contribution is 2.24. The summed E-state index contributed by atoms with van der Waals surface area (Å²) in [6.07, 6.45) is 1.75. The molecule has 3 rings (SSSR count). The van der Waals surface area contributed by atoms with Gasteiger partial charge in [0.25, 0.3) is 0 Å². The average Bonchev–Trinajstić information content (AvgIpc) is 2.99. The molecule has 3 aromatic rings. The maximum Gasteiger partial charge on any atom is 0.203 e. The number of nitrogens with zero attached hydrogens (tertiary/aromatic N) is 2. The monoisotopic (exact) mass is 311 g/mol. The van der Waals surface area contributed by atoms with Gasteiger partial charge in [-0.3, -0.25) is 5.43 Å². The van der Waals surface area contributed by atoms with Crippen molar-refractivity contribution >= 4 is 22.7 Å². The highest BCUT2D eigenvalue weighted by molar-refractivity contribution is 7.14. The van der Waals surface area contributed by atoms with E-state index in [9.17, 15) is 4.39 Å². The van der Waals surface area contributed by atoms with Crippen LogP contribution in [0.5, 0.6) is 0 Å². The molecular formula is C17H14FN3S. The molecule has 0 aliphatic heterocycles. The van der Waals surface area contributed by atoms with Gasteiger partial charge < -0.3 is 0 Å². The van der Waals surface area contributed by atoms with Crippen molar-refractivity contribution in [1.29, 1.82) is 0 Å². The van der Waals surface area contributed by atoms with Crippen LogP contribution in [-0.2, 0) is 0 Å². The fourth-order valence-electron chi connectivity index (χ4n) is 1.89. The summed E-state index contributed by atoms with van der Waals surface area (Å²) in [6.45, 7) is 2.05. The van der Waals surface area contributed by atoms with Crippen molar-refractivity contribution in [3.63, 3.8) is 0 Å². The number of aromatic nitrogens is 1. The van der Waals surface area contributed by atoms with E-state index in [0.717, 1.165) is 16.8 Å². The number of nitrogens with one attached hydrogen (secondary N) is 1. The number of hydrazone groups is 1. The molecule has 0 radical (unpaired) electrons. The third-order valence-corrected chi connectivity index (χ3v) is 3.84. The first-order chi connectivity index (χ1) is 10.7. The van der Waals surface area contributed by atoms with Crippen LogP contribution in [0.3, 0.4) is 0 Å².